The molecule has 0 saturated heterocycles. The van der Waals surface area contributed by atoms with E-state index in [4.69, 9.17) is 4.74 Å². The summed E-state index contributed by atoms with van der Waals surface area (Å²) in [5.41, 5.74) is 3.41. The molecule has 3 aromatic carbocycles. The fourth-order valence-electron chi connectivity index (χ4n) is 3.06. The number of benzene rings is 3. The van der Waals surface area contributed by atoms with E-state index in [1.54, 1.807) is 0 Å². The largest absolute Gasteiger partial charge is 0.494 e. The maximum Gasteiger partial charge on any atom is 0.119 e. The van der Waals surface area contributed by atoms with Gasteiger partial charge in [-0.15, -0.1) is 0 Å². The van der Waals surface area contributed by atoms with Gasteiger partial charge in [0.2, 0.25) is 0 Å². The number of rotatable bonds is 10. The highest BCUT2D eigenvalue weighted by Gasteiger charge is 2.12. The summed E-state index contributed by atoms with van der Waals surface area (Å²) in [5.74, 6) is 0.930. The molecule has 29 heavy (non-hydrogen) atoms. The van der Waals surface area contributed by atoms with Crippen molar-refractivity contribution in [1.82, 2.24) is 0 Å². The molecule has 0 aliphatic carbocycles. The van der Waals surface area contributed by atoms with Crippen LogP contribution in [0.25, 0.3) is 0 Å². The minimum atomic E-state index is 0.777. The van der Waals surface area contributed by atoms with Crippen LogP contribution >= 0.6 is 61.1 Å². The van der Waals surface area contributed by atoms with E-state index >= 15 is 0 Å². The molecule has 0 aliphatic rings. The first kappa shape index (κ1) is 22.9. The number of hydrogen-bond donors (Lipinski definition) is 0. The van der Waals surface area contributed by atoms with Gasteiger partial charge >= 0.3 is 0 Å². The third-order valence-corrected chi connectivity index (χ3v) is 6.56. The van der Waals surface area contributed by atoms with Crippen molar-refractivity contribution in [2.45, 2.75) is 25.7 Å². The second-order valence-electron chi connectivity index (χ2n) is 6.73. The standard InChI is InChI=1S/C24H24BrI2NO/c25-17-3-1-2-4-18-29-24-15-13-23(14-16-24)28(21-9-5-19(26)6-10-21)22-11-7-20(27)8-12-22/h5-16H,1-4,17-18H2. The molecule has 0 unspecified atom stereocenters. The van der Waals surface area contributed by atoms with Crippen molar-refractivity contribution < 1.29 is 4.74 Å². The number of anilines is 3. The molecule has 0 aliphatic heterocycles. The molecular formula is C24H24BrI2NO. The lowest BCUT2D eigenvalue weighted by Crippen LogP contribution is -2.10. The zero-order valence-corrected chi connectivity index (χ0v) is 22.1. The lowest BCUT2D eigenvalue weighted by Gasteiger charge is -2.25. The van der Waals surface area contributed by atoms with Gasteiger partial charge in [0.1, 0.15) is 5.75 Å². The van der Waals surface area contributed by atoms with Crippen LogP contribution < -0.4 is 9.64 Å². The third kappa shape index (κ3) is 7.14. The fourth-order valence-corrected chi connectivity index (χ4v) is 4.17. The van der Waals surface area contributed by atoms with Gasteiger partial charge in [-0.2, -0.15) is 0 Å². The molecule has 0 fully saturated rings. The number of halogens is 3. The molecule has 0 spiro atoms. The second kappa shape index (κ2) is 12.2. The molecule has 0 radical (unpaired) electrons. The van der Waals surface area contributed by atoms with Gasteiger partial charge in [-0.25, -0.2) is 0 Å². The minimum Gasteiger partial charge on any atom is -0.494 e. The van der Waals surface area contributed by atoms with Gasteiger partial charge in [0.25, 0.3) is 0 Å². The lowest BCUT2D eigenvalue weighted by atomic mass is 10.2. The Labute approximate surface area is 209 Å². The Hall–Kier alpha value is -0.800. The molecule has 0 amide bonds. The molecule has 0 saturated carbocycles. The quantitative estimate of drug-likeness (QED) is 0.121. The van der Waals surface area contributed by atoms with Crippen molar-refractivity contribution in [3.05, 3.63) is 79.9 Å². The summed E-state index contributed by atoms with van der Waals surface area (Å²) in [6.07, 6.45) is 4.82. The molecule has 0 bridgehead atoms. The van der Waals surface area contributed by atoms with Crippen LogP contribution in [-0.4, -0.2) is 11.9 Å². The van der Waals surface area contributed by atoms with Crippen molar-refractivity contribution in [3.8, 4) is 5.75 Å². The maximum absolute atomic E-state index is 5.93. The molecule has 0 N–H and O–H groups in total. The Morgan fingerprint density at radius 2 is 1.07 bits per heavy atom. The topological polar surface area (TPSA) is 12.5 Å². The van der Waals surface area contributed by atoms with Gasteiger partial charge < -0.3 is 9.64 Å². The van der Waals surface area contributed by atoms with Crippen LogP contribution in [0, 0.1) is 7.14 Å². The number of ether oxygens (including phenoxy) is 1. The smallest absolute Gasteiger partial charge is 0.119 e. The maximum atomic E-state index is 5.93. The van der Waals surface area contributed by atoms with E-state index in [0.29, 0.717) is 0 Å². The van der Waals surface area contributed by atoms with Crippen molar-refractivity contribution in [1.29, 1.82) is 0 Å². The number of hydrogen-bond acceptors (Lipinski definition) is 2. The van der Waals surface area contributed by atoms with Gasteiger partial charge in [0.15, 0.2) is 0 Å². The summed E-state index contributed by atoms with van der Waals surface area (Å²) in [4.78, 5) is 2.27. The highest BCUT2D eigenvalue weighted by atomic mass is 127. The number of unbranched alkanes of at least 4 members (excludes halogenated alkanes) is 3. The Kier molecular flexibility index (Phi) is 9.58. The van der Waals surface area contributed by atoms with Gasteiger partial charge in [-0.05, 0) is 131 Å². The first-order valence-corrected chi connectivity index (χ1v) is 13.1. The summed E-state index contributed by atoms with van der Waals surface area (Å²) in [6, 6.07) is 25.6. The molecule has 5 heteroatoms. The average molecular weight is 676 g/mol. The first-order valence-electron chi connectivity index (χ1n) is 9.77. The van der Waals surface area contributed by atoms with Crippen molar-refractivity contribution >= 4 is 78.2 Å². The molecule has 0 aromatic heterocycles. The van der Waals surface area contributed by atoms with Crippen molar-refractivity contribution in [3.63, 3.8) is 0 Å². The van der Waals surface area contributed by atoms with Crippen LogP contribution in [-0.2, 0) is 0 Å². The minimum absolute atomic E-state index is 0.777. The molecule has 2 nitrogen and oxygen atoms in total. The predicted octanol–water partition coefficient (Wildman–Crippen LogP) is 8.70. The molecular weight excluding hydrogens is 652 g/mol. The van der Waals surface area contributed by atoms with E-state index in [2.05, 4.69) is 139 Å². The monoisotopic (exact) mass is 675 g/mol. The molecule has 152 valence electrons. The summed E-state index contributed by atoms with van der Waals surface area (Å²) in [5, 5.41) is 1.09. The van der Waals surface area contributed by atoms with Gasteiger partial charge in [0.05, 0.1) is 6.61 Å². The van der Waals surface area contributed by atoms with Gasteiger partial charge in [-0.3, -0.25) is 0 Å². The van der Waals surface area contributed by atoms with Crippen LogP contribution in [0.2, 0.25) is 0 Å². The van der Waals surface area contributed by atoms with E-state index in [1.165, 1.54) is 26.4 Å². The molecule has 0 heterocycles. The Morgan fingerprint density at radius 3 is 1.55 bits per heavy atom. The van der Waals surface area contributed by atoms with Crippen LogP contribution in [0.1, 0.15) is 25.7 Å². The fraction of sp³-hybridized carbons (Fsp3) is 0.250. The Bertz CT molecular complexity index is 821. The van der Waals surface area contributed by atoms with Gasteiger partial charge in [-0.1, -0.05) is 28.8 Å². The third-order valence-electron chi connectivity index (χ3n) is 4.56. The molecule has 0 atom stereocenters. The number of alkyl halides is 1. The van der Waals surface area contributed by atoms with Crippen LogP contribution in [0.5, 0.6) is 5.75 Å². The highest BCUT2D eigenvalue weighted by Crippen LogP contribution is 2.35. The Morgan fingerprint density at radius 1 is 0.621 bits per heavy atom. The Balaban J connectivity index is 1.74. The van der Waals surface area contributed by atoms with E-state index in [1.807, 2.05) is 0 Å². The first-order chi connectivity index (χ1) is 14.2. The molecule has 3 aromatic rings. The van der Waals surface area contributed by atoms with E-state index < -0.39 is 0 Å². The van der Waals surface area contributed by atoms with Crippen LogP contribution in [0.4, 0.5) is 17.1 Å². The zero-order valence-electron chi connectivity index (χ0n) is 16.2. The molecule has 3 rings (SSSR count). The average Bonchev–Trinajstić information content (AvgIpc) is 2.74. The van der Waals surface area contributed by atoms with E-state index in [0.717, 1.165) is 41.2 Å². The van der Waals surface area contributed by atoms with Gasteiger partial charge in [0, 0.05) is 29.5 Å². The van der Waals surface area contributed by atoms with E-state index in [-0.39, 0.29) is 0 Å². The van der Waals surface area contributed by atoms with Crippen LogP contribution in [0.3, 0.4) is 0 Å². The van der Waals surface area contributed by atoms with E-state index in [9.17, 15) is 0 Å². The normalized spacial score (nSPS) is 10.7. The number of nitrogens with zero attached hydrogens (tertiary/aromatic N) is 1. The zero-order chi connectivity index (χ0) is 20.5. The highest BCUT2D eigenvalue weighted by molar-refractivity contribution is 14.1. The SMILES string of the molecule is BrCCCCCCOc1ccc(N(c2ccc(I)cc2)c2ccc(I)cc2)cc1. The second-order valence-corrected chi connectivity index (χ2v) is 10.0. The van der Waals surface area contributed by atoms with Crippen LogP contribution in [0.15, 0.2) is 72.8 Å². The summed E-state index contributed by atoms with van der Waals surface area (Å²) >= 11 is 8.16. The predicted molar refractivity (Wildman–Crippen MR) is 144 cm³/mol. The van der Waals surface area contributed by atoms with Crippen molar-refractivity contribution in [2.24, 2.45) is 0 Å². The summed E-state index contributed by atoms with van der Waals surface area (Å²) in [6.45, 7) is 0.777. The summed E-state index contributed by atoms with van der Waals surface area (Å²) < 4.78 is 8.39. The van der Waals surface area contributed by atoms with Crippen molar-refractivity contribution in [2.75, 3.05) is 16.8 Å². The summed E-state index contributed by atoms with van der Waals surface area (Å²) in [7, 11) is 0. The lowest BCUT2D eigenvalue weighted by molar-refractivity contribution is 0.305.